The van der Waals surface area contributed by atoms with Crippen molar-refractivity contribution in [2.75, 3.05) is 0 Å². The summed E-state index contributed by atoms with van der Waals surface area (Å²) in [5.41, 5.74) is 3.18. The Bertz CT molecular complexity index is 1050. The minimum Gasteiger partial charge on any atom is -0.489 e. The number of ether oxygens (including phenoxy) is 1. The third kappa shape index (κ3) is 4.35. The molecule has 0 bridgehead atoms. The molecular formula is C24H21FN2O. The highest BCUT2D eigenvalue weighted by molar-refractivity contribution is 5.87. The van der Waals surface area contributed by atoms with Crippen molar-refractivity contribution in [3.05, 3.63) is 108 Å². The standard InChI is InChI=1S/C24H21FN2O/c25-21-10-7-18(8-11-21)17-28-24-12-9-20-5-1-2-6-22(20)23(24)16-27-15-19-4-3-13-26-14-19/h1-14,27H,15-17H2. The molecule has 0 amide bonds. The van der Waals surface area contributed by atoms with Gasteiger partial charge in [0.1, 0.15) is 18.2 Å². The number of benzene rings is 3. The lowest BCUT2D eigenvalue weighted by molar-refractivity contribution is 0.302. The molecule has 0 saturated carbocycles. The molecule has 0 aliphatic carbocycles. The molecule has 1 N–H and O–H groups in total. The molecule has 4 rings (SSSR count). The highest BCUT2D eigenvalue weighted by atomic mass is 19.1. The zero-order valence-corrected chi connectivity index (χ0v) is 15.4. The summed E-state index contributed by atoms with van der Waals surface area (Å²) in [6.07, 6.45) is 3.64. The van der Waals surface area contributed by atoms with Crippen molar-refractivity contribution in [1.82, 2.24) is 10.3 Å². The first-order chi connectivity index (χ1) is 13.8. The third-order valence-corrected chi connectivity index (χ3v) is 4.66. The van der Waals surface area contributed by atoms with Gasteiger partial charge in [0.25, 0.3) is 0 Å². The zero-order chi connectivity index (χ0) is 19.2. The molecule has 1 heterocycles. The van der Waals surface area contributed by atoms with Gasteiger partial charge in [-0.05, 0) is 46.2 Å². The van der Waals surface area contributed by atoms with E-state index in [-0.39, 0.29) is 5.82 Å². The van der Waals surface area contributed by atoms with Crippen LogP contribution in [-0.4, -0.2) is 4.98 Å². The van der Waals surface area contributed by atoms with E-state index in [4.69, 9.17) is 4.74 Å². The van der Waals surface area contributed by atoms with E-state index in [1.807, 2.05) is 30.5 Å². The second-order valence-corrected chi connectivity index (χ2v) is 6.64. The molecule has 4 aromatic rings. The van der Waals surface area contributed by atoms with Crippen LogP contribution < -0.4 is 10.1 Å². The number of halogens is 1. The molecule has 28 heavy (non-hydrogen) atoms. The summed E-state index contributed by atoms with van der Waals surface area (Å²) in [7, 11) is 0. The number of fused-ring (bicyclic) bond motifs is 1. The van der Waals surface area contributed by atoms with Gasteiger partial charge in [0, 0.05) is 31.0 Å². The Kier molecular flexibility index (Phi) is 5.59. The molecule has 4 heteroatoms. The van der Waals surface area contributed by atoms with E-state index in [0.29, 0.717) is 13.2 Å². The number of hydrogen-bond acceptors (Lipinski definition) is 3. The average molecular weight is 372 g/mol. The summed E-state index contributed by atoms with van der Waals surface area (Å²) in [6.45, 7) is 1.80. The van der Waals surface area contributed by atoms with Gasteiger partial charge in [-0.25, -0.2) is 4.39 Å². The molecule has 1 aromatic heterocycles. The van der Waals surface area contributed by atoms with E-state index >= 15 is 0 Å². The van der Waals surface area contributed by atoms with Crippen LogP contribution in [0.2, 0.25) is 0 Å². The van der Waals surface area contributed by atoms with Crippen LogP contribution >= 0.6 is 0 Å². The molecule has 0 fully saturated rings. The minimum atomic E-state index is -0.241. The maximum atomic E-state index is 13.1. The Labute approximate surface area is 163 Å². The molecule has 0 saturated heterocycles. The fourth-order valence-electron chi connectivity index (χ4n) is 3.21. The Morgan fingerprint density at radius 2 is 1.68 bits per heavy atom. The first-order valence-corrected chi connectivity index (χ1v) is 9.27. The number of hydrogen-bond donors (Lipinski definition) is 1. The maximum absolute atomic E-state index is 13.1. The highest BCUT2D eigenvalue weighted by Gasteiger charge is 2.09. The second kappa shape index (κ2) is 8.63. The van der Waals surface area contributed by atoms with Gasteiger partial charge in [-0.15, -0.1) is 0 Å². The van der Waals surface area contributed by atoms with Crippen molar-refractivity contribution < 1.29 is 9.13 Å². The first kappa shape index (κ1) is 18.1. The topological polar surface area (TPSA) is 34.1 Å². The lowest BCUT2D eigenvalue weighted by atomic mass is 10.0. The Hall–Kier alpha value is -3.24. The van der Waals surface area contributed by atoms with Gasteiger partial charge in [-0.2, -0.15) is 0 Å². The summed E-state index contributed by atoms with van der Waals surface area (Å²) in [5.74, 6) is 0.594. The average Bonchev–Trinajstić information content (AvgIpc) is 2.75. The Morgan fingerprint density at radius 3 is 2.50 bits per heavy atom. The molecule has 3 nitrogen and oxygen atoms in total. The first-order valence-electron chi connectivity index (χ1n) is 9.27. The lowest BCUT2D eigenvalue weighted by Crippen LogP contribution is -2.14. The van der Waals surface area contributed by atoms with Gasteiger partial charge in [-0.3, -0.25) is 4.98 Å². The summed E-state index contributed by atoms with van der Waals surface area (Å²) in [4.78, 5) is 4.16. The van der Waals surface area contributed by atoms with Crippen LogP contribution in [0.25, 0.3) is 10.8 Å². The summed E-state index contributed by atoms with van der Waals surface area (Å²) >= 11 is 0. The second-order valence-electron chi connectivity index (χ2n) is 6.64. The fraction of sp³-hybridized carbons (Fsp3) is 0.125. The normalized spacial score (nSPS) is 10.9. The maximum Gasteiger partial charge on any atom is 0.124 e. The molecule has 0 unspecified atom stereocenters. The van der Waals surface area contributed by atoms with Crippen molar-refractivity contribution in [2.24, 2.45) is 0 Å². The van der Waals surface area contributed by atoms with E-state index in [2.05, 4.69) is 34.6 Å². The van der Waals surface area contributed by atoms with Gasteiger partial charge in [-0.1, -0.05) is 48.5 Å². The van der Waals surface area contributed by atoms with Crippen LogP contribution in [-0.2, 0) is 19.7 Å². The van der Waals surface area contributed by atoms with Crippen molar-refractivity contribution in [3.63, 3.8) is 0 Å². The molecule has 0 atom stereocenters. The summed E-state index contributed by atoms with van der Waals surface area (Å²) in [5, 5.41) is 5.83. The summed E-state index contributed by atoms with van der Waals surface area (Å²) < 4.78 is 19.2. The van der Waals surface area contributed by atoms with E-state index in [1.54, 1.807) is 18.3 Å². The molecule has 0 spiro atoms. The van der Waals surface area contributed by atoms with E-state index in [9.17, 15) is 4.39 Å². The number of nitrogens with one attached hydrogen (secondary N) is 1. The number of pyridine rings is 1. The summed E-state index contributed by atoms with van der Waals surface area (Å²) in [6, 6.07) is 22.8. The van der Waals surface area contributed by atoms with E-state index in [0.717, 1.165) is 34.4 Å². The van der Waals surface area contributed by atoms with Gasteiger partial charge >= 0.3 is 0 Å². The van der Waals surface area contributed by atoms with Crippen LogP contribution in [0.4, 0.5) is 4.39 Å². The third-order valence-electron chi connectivity index (χ3n) is 4.66. The van der Waals surface area contributed by atoms with Crippen LogP contribution in [0, 0.1) is 5.82 Å². The van der Waals surface area contributed by atoms with Crippen LogP contribution in [0.15, 0.2) is 85.2 Å². The SMILES string of the molecule is Fc1ccc(COc2ccc3ccccc3c2CNCc2cccnc2)cc1. The molecular weight excluding hydrogens is 351 g/mol. The molecule has 0 radical (unpaired) electrons. The smallest absolute Gasteiger partial charge is 0.124 e. The molecule has 0 aliphatic heterocycles. The minimum absolute atomic E-state index is 0.241. The van der Waals surface area contributed by atoms with Crippen LogP contribution in [0.5, 0.6) is 5.75 Å². The van der Waals surface area contributed by atoms with Crippen LogP contribution in [0.3, 0.4) is 0 Å². The largest absolute Gasteiger partial charge is 0.489 e. The number of rotatable bonds is 7. The van der Waals surface area contributed by atoms with Gasteiger partial charge < -0.3 is 10.1 Å². The van der Waals surface area contributed by atoms with Gasteiger partial charge in [0.2, 0.25) is 0 Å². The van der Waals surface area contributed by atoms with Crippen molar-refractivity contribution in [3.8, 4) is 5.75 Å². The Morgan fingerprint density at radius 1 is 0.821 bits per heavy atom. The molecule has 3 aromatic carbocycles. The lowest BCUT2D eigenvalue weighted by Gasteiger charge is -2.15. The quantitative estimate of drug-likeness (QED) is 0.482. The predicted octanol–water partition coefficient (Wildman–Crippen LogP) is 5.24. The monoisotopic (exact) mass is 372 g/mol. The van der Waals surface area contributed by atoms with Crippen molar-refractivity contribution in [2.45, 2.75) is 19.7 Å². The molecule has 140 valence electrons. The fourth-order valence-corrected chi connectivity index (χ4v) is 3.21. The van der Waals surface area contributed by atoms with Crippen LogP contribution in [0.1, 0.15) is 16.7 Å². The molecule has 0 aliphatic rings. The van der Waals surface area contributed by atoms with Crippen molar-refractivity contribution >= 4 is 10.8 Å². The zero-order valence-electron chi connectivity index (χ0n) is 15.4. The van der Waals surface area contributed by atoms with Gasteiger partial charge in [0.05, 0.1) is 0 Å². The Balaban J connectivity index is 1.54. The van der Waals surface area contributed by atoms with Gasteiger partial charge in [0.15, 0.2) is 0 Å². The van der Waals surface area contributed by atoms with Crippen molar-refractivity contribution in [1.29, 1.82) is 0 Å². The number of aromatic nitrogens is 1. The highest BCUT2D eigenvalue weighted by Crippen LogP contribution is 2.29. The number of nitrogens with zero attached hydrogens (tertiary/aromatic N) is 1. The predicted molar refractivity (Wildman–Crippen MR) is 109 cm³/mol. The van der Waals surface area contributed by atoms with E-state index < -0.39 is 0 Å². The van der Waals surface area contributed by atoms with E-state index in [1.165, 1.54) is 17.5 Å².